The Morgan fingerprint density at radius 2 is 1.70 bits per heavy atom. The number of halogens is 3. The molecule has 2 heterocycles. The predicted octanol–water partition coefficient (Wildman–Crippen LogP) is 7.44. The molecule has 0 spiro atoms. The third-order valence-electron chi connectivity index (χ3n) is 5.26. The second-order valence-electron chi connectivity index (χ2n) is 7.45. The number of hydrogen-bond acceptors (Lipinski definition) is 4. The number of pyridine rings is 1. The van der Waals surface area contributed by atoms with Gasteiger partial charge in [-0.1, -0.05) is 38.3 Å². The van der Waals surface area contributed by atoms with E-state index in [1.807, 2.05) is 12.1 Å². The zero-order chi connectivity index (χ0) is 21.3. The lowest BCUT2D eigenvalue weighted by atomic mass is 10.1. The van der Waals surface area contributed by atoms with E-state index in [1.165, 1.54) is 25.3 Å². The quantitative estimate of drug-likeness (QED) is 0.245. The fourth-order valence-corrected chi connectivity index (χ4v) is 4.29. The zero-order valence-corrected chi connectivity index (χ0v) is 17.7. The lowest BCUT2D eigenvalue weighted by Gasteiger charge is -2.12. The van der Waals surface area contributed by atoms with E-state index in [9.17, 15) is 8.78 Å². The van der Waals surface area contributed by atoms with Gasteiger partial charge in [0.2, 0.25) is 0 Å². The highest BCUT2D eigenvalue weighted by molar-refractivity contribution is 7.13. The molecule has 0 atom stereocenters. The van der Waals surface area contributed by atoms with Crippen molar-refractivity contribution in [1.29, 1.82) is 0 Å². The Bertz CT molecular complexity index is 1200. The molecule has 0 unspecified atom stereocenters. The number of nitrogens with one attached hydrogen (secondary N) is 1. The number of anilines is 2. The summed E-state index contributed by atoms with van der Waals surface area (Å²) in [5.74, 6) is -3.30. The number of unbranched alkanes of at least 4 members (excludes halogenated alkanes) is 3. The summed E-state index contributed by atoms with van der Waals surface area (Å²) in [5, 5.41) is 3.10. The van der Waals surface area contributed by atoms with Crippen LogP contribution in [0.4, 0.5) is 24.5 Å². The first-order chi connectivity index (χ1) is 14.5. The van der Waals surface area contributed by atoms with Gasteiger partial charge in [-0.3, -0.25) is 0 Å². The summed E-state index contributed by atoms with van der Waals surface area (Å²) in [5.41, 5.74) is 1.55. The summed E-state index contributed by atoms with van der Waals surface area (Å²) < 4.78 is 48.7. The molecule has 0 fully saturated rings. The van der Waals surface area contributed by atoms with Crippen molar-refractivity contribution in [3.05, 3.63) is 59.0 Å². The van der Waals surface area contributed by atoms with Crippen LogP contribution in [-0.4, -0.2) is 9.36 Å². The van der Waals surface area contributed by atoms with Crippen LogP contribution in [0.25, 0.3) is 21.1 Å². The minimum atomic E-state index is -1.26. The van der Waals surface area contributed by atoms with Gasteiger partial charge < -0.3 is 5.32 Å². The Balaban J connectivity index is 1.65. The van der Waals surface area contributed by atoms with Crippen molar-refractivity contribution in [1.82, 2.24) is 9.36 Å². The molecule has 0 saturated carbocycles. The third-order valence-corrected chi connectivity index (χ3v) is 6.11. The topological polar surface area (TPSA) is 37.8 Å². The van der Waals surface area contributed by atoms with Crippen LogP contribution in [0, 0.1) is 24.4 Å². The lowest BCUT2D eigenvalue weighted by Crippen LogP contribution is -2.03. The number of rotatable bonds is 7. The van der Waals surface area contributed by atoms with Crippen molar-refractivity contribution >= 4 is 44.0 Å². The number of nitrogens with zero attached hydrogens (tertiary/aromatic N) is 2. The largest absolute Gasteiger partial charge is 0.351 e. The predicted molar refractivity (Wildman–Crippen MR) is 117 cm³/mol. The van der Waals surface area contributed by atoms with Crippen molar-refractivity contribution in [2.75, 3.05) is 5.32 Å². The molecule has 2 aromatic carbocycles. The van der Waals surface area contributed by atoms with Crippen LogP contribution in [0.3, 0.4) is 0 Å². The van der Waals surface area contributed by atoms with E-state index in [-0.39, 0.29) is 10.9 Å². The van der Waals surface area contributed by atoms with Gasteiger partial charge in [0.15, 0.2) is 17.5 Å². The molecule has 4 rings (SSSR count). The fraction of sp³-hybridized carbons (Fsp3) is 0.304. The minimum Gasteiger partial charge on any atom is -0.351 e. The summed E-state index contributed by atoms with van der Waals surface area (Å²) in [6.07, 6.45) is 5.65. The van der Waals surface area contributed by atoms with E-state index >= 15 is 4.39 Å². The summed E-state index contributed by atoms with van der Waals surface area (Å²) in [6, 6.07) is 8.75. The standard InChI is InChI=1S/C23H22F3N3S/c1-3-4-5-6-7-14-8-10-15(11-9-14)27-22-19(25)18(24)17-12-16-13(2)29-30-23(16)28-21(17)20(22)26/h8-12,27H,3-7H2,1-2H3. The Morgan fingerprint density at radius 1 is 0.933 bits per heavy atom. The number of aromatic nitrogens is 2. The van der Waals surface area contributed by atoms with Crippen LogP contribution in [0.5, 0.6) is 0 Å². The molecule has 30 heavy (non-hydrogen) atoms. The molecular weight excluding hydrogens is 407 g/mol. The molecule has 3 nitrogen and oxygen atoms in total. The molecule has 0 radical (unpaired) electrons. The highest BCUT2D eigenvalue weighted by Crippen LogP contribution is 2.35. The van der Waals surface area contributed by atoms with Crippen LogP contribution in [0.15, 0.2) is 30.3 Å². The van der Waals surface area contributed by atoms with Gasteiger partial charge in [-0.2, -0.15) is 4.37 Å². The molecule has 2 aromatic heterocycles. The number of aryl methyl sites for hydroxylation is 2. The smallest absolute Gasteiger partial charge is 0.186 e. The minimum absolute atomic E-state index is 0.186. The van der Waals surface area contributed by atoms with Crippen LogP contribution in [-0.2, 0) is 6.42 Å². The average molecular weight is 430 g/mol. The molecule has 4 aromatic rings. The molecule has 0 aliphatic carbocycles. The van der Waals surface area contributed by atoms with Gasteiger partial charge in [-0.25, -0.2) is 18.2 Å². The van der Waals surface area contributed by atoms with Gasteiger partial charge in [-0.05, 0) is 55.1 Å². The van der Waals surface area contributed by atoms with Crippen molar-refractivity contribution < 1.29 is 13.2 Å². The molecule has 0 bridgehead atoms. The first-order valence-corrected chi connectivity index (χ1v) is 10.9. The van der Waals surface area contributed by atoms with Gasteiger partial charge in [0.1, 0.15) is 16.0 Å². The summed E-state index contributed by atoms with van der Waals surface area (Å²) >= 11 is 1.10. The van der Waals surface area contributed by atoms with Crippen molar-refractivity contribution in [3.63, 3.8) is 0 Å². The third kappa shape index (κ3) is 3.86. The monoisotopic (exact) mass is 429 g/mol. The van der Waals surface area contributed by atoms with Crippen molar-refractivity contribution in [3.8, 4) is 0 Å². The van der Waals surface area contributed by atoms with E-state index in [0.29, 0.717) is 21.6 Å². The van der Waals surface area contributed by atoms with Crippen LogP contribution in [0.1, 0.15) is 43.9 Å². The first-order valence-electron chi connectivity index (χ1n) is 10.1. The molecular formula is C23H22F3N3S. The summed E-state index contributed by atoms with van der Waals surface area (Å²) in [4.78, 5) is 4.69. The maximum absolute atomic E-state index is 15.1. The molecule has 1 N–H and O–H groups in total. The molecule has 7 heteroatoms. The van der Waals surface area contributed by atoms with Gasteiger partial charge in [-0.15, -0.1) is 0 Å². The van der Waals surface area contributed by atoms with Crippen LogP contribution >= 0.6 is 11.5 Å². The normalized spacial score (nSPS) is 11.5. The SMILES string of the molecule is CCCCCCc1ccc(Nc2c(F)c(F)c3cc4c(C)nsc4nc3c2F)cc1. The number of hydrogen-bond donors (Lipinski definition) is 1. The maximum Gasteiger partial charge on any atom is 0.186 e. The molecule has 0 aliphatic rings. The van der Waals surface area contributed by atoms with E-state index in [0.717, 1.165) is 29.9 Å². The van der Waals surface area contributed by atoms with E-state index in [4.69, 9.17) is 0 Å². The molecule has 0 aliphatic heterocycles. The molecule has 0 saturated heterocycles. The van der Waals surface area contributed by atoms with Gasteiger partial charge in [0.05, 0.1) is 5.69 Å². The van der Waals surface area contributed by atoms with Crippen LogP contribution < -0.4 is 5.32 Å². The zero-order valence-electron chi connectivity index (χ0n) is 16.9. The fourth-order valence-electron chi connectivity index (χ4n) is 3.53. The Kier molecular flexibility index (Phi) is 5.90. The summed E-state index contributed by atoms with van der Waals surface area (Å²) in [6.45, 7) is 3.92. The van der Waals surface area contributed by atoms with Gasteiger partial charge in [0.25, 0.3) is 0 Å². The second-order valence-corrected chi connectivity index (χ2v) is 8.21. The van der Waals surface area contributed by atoms with Gasteiger partial charge in [0, 0.05) is 16.5 Å². The van der Waals surface area contributed by atoms with Gasteiger partial charge >= 0.3 is 0 Å². The second kappa shape index (κ2) is 8.60. The van der Waals surface area contributed by atoms with E-state index in [1.54, 1.807) is 19.1 Å². The Morgan fingerprint density at radius 3 is 2.43 bits per heavy atom. The van der Waals surface area contributed by atoms with Crippen LogP contribution in [0.2, 0.25) is 0 Å². The number of fused-ring (bicyclic) bond motifs is 2. The van der Waals surface area contributed by atoms with Crippen molar-refractivity contribution in [2.45, 2.75) is 46.0 Å². The van der Waals surface area contributed by atoms with E-state index < -0.39 is 23.1 Å². The number of benzene rings is 2. The maximum atomic E-state index is 15.1. The van der Waals surface area contributed by atoms with E-state index in [2.05, 4.69) is 21.6 Å². The Hall–Kier alpha value is -2.67. The first kappa shape index (κ1) is 20.6. The summed E-state index contributed by atoms with van der Waals surface area (Å²) in [7, 11) is 0. The Labute approximate surface area is 177 Å². The molecule has 0 amide bonds. The molecule has 156 valence electrons. The highest BCUT2D eigenvalue weighted by atomic mass is 32.1. The lowest BCUT2D eigenvalue weighted by molar-refractivity contribution is 0.510. The average Bonchev–Trinajstić information content (AvgIpc) is 3.12. The van der Waals surface area contributed by atoms with Crippen molar-refractivity contribution in [2.24, 2.45) is 0 Å². The highest BCUT2D eigenvalue weighted by Gasteiger charge is 2.23.